The molecule has 0 radical (unpaired) electrons. The molecule has 1 rings (SSSR count). The molecule has 1 aliphatic rings. The van der Waals surface area contributed by atoms with Crippen molar-refractivity contribution in [3.05, 3.63) is 0 Å². The highest BCUT2D eigenvalue weighted by molar-refractivity contribution is 8.00. The van der Waals surface area contributed by atoms with Gasteiger partial charge in [-0.05, 0) is 0 Å². The normalized spacial score (nSPS) is 21.8. The highest BCUT2D eigenvalue weighted by atomic mass is 32.2. The minimum Gasteiger partial charge on any atom is -0.159 e. The molecule has 0 aromatic carbocycles. The third kappa shape index (κ3) is 0.529. The third-order valence-corrected chi connectivity index (χ3v) is 2.15. The zero-order chi connectivity index (χ0) is 4.41. The Morgan fingerprint density at radius 3 is 2.33 bits per heavy atom. The lowest BCUT2D eigenvalue weighted by Gasteiger charge is -2.17. The van der Waals surface area contributed by atoms with Crippen molar-refractivity contribution in [3.8, 4) is 12.3 Å². The Bertz CT molecular complexity index is 76.4. The van der Waals surface area contributed by atoms with E-state index in [1.165, 1.54) is 11.5 Å². The molecule has 1 saturated heterocycles. The number of terminal acetylenes is 1. The van der Waals surface area contributed by atoms with Crippen LogP contribution in [-0.2, 0) is 0 Å². The fourth-order valence-corrected chi connectivity index (χ4v) is 0.996. The van der Waals surface area contributed by atoms with Gasteiger partial charge in [0.1, 0.15) is 0 Å². The maximum atomic E-state index is 5.07. The molecule has 0 unspecified atom stereocenters. The van der Waals surface area contributed by atoms with Crippen molar-refractivity contribution < 1.29 is 0 Å². The standard InChI is InChI=1S/C5H6S/c1-2-5-3-6-4-5/h1,5H,3-4H2. The van der Waals surface area contributed by atoms with Gasteiger partial charge in [-0.3, -0.25) is 0 Å². The predicted octanol–water partition coefficient (Wildman–Crippen LogP) is 0.983. The van der Waals surface area contributed by atoms with Crippen molar-refractivity contribution in [2.24, 2.45) is 5.92 Å². The van der Waals surface area contributed by atoms with Gasteiger partial charge < -0.3 is 0 Å². The van der Waals surface area contributed by atoms with Gasteiger partial charge in [-0.1, -0.05) is 0 Å². The molecule has 0 aromatic heterocycles. The highest BCUT2D eigenvalue weighted by Crippen LogP contribution is 2.22. The van der Waals surface area contributed by atoms with Gasteiger partial charge in [0.25, 0.3) is 0 Å². The smallest absolute Gasteiger partial charge is 0.0381 e. The fraction of sp³-hybridized carbons (Fsp3) is 0.600. The van der Waals surface area contributed by atoms with Crippen LogP contribution in [0, 0.1) is 18.3 Å². The van der Waals surface area contributed by atoms with Crippen molar-refractivity contribution in [3.63, 3.8) is 0 Å². The van der Waals surface area contributed by atoms with E-state index in [1.807, 2.05) is 11.8 Å². The van der Waals surface area contributed by atoms with Gasteiger partial charge in [0.15, 0.2) is 0 Å². The SMILES string of the molecule is C#CC1CSC1. The Morgan fingerprint density at radius 2 is 2.33 bits per heavy atom. The first kappa shape index (κ1) is 4.08. The Morgan fingerprint density at radius 1 is 1.67 bits per heavy atom. The molecule has 0 spiro atoms. The Hall–Kier alpha value is -0.0900. The molecule has 0 amide bonds. The molecule has 1 fully saturated rings. The third-order valence-electron chi connectivity index (χ3n) is 0.874. The van der Waals surface area contributed by atoms with Crippen molar-refractivity contribution in [1.82, 2.24) is 0 Å². The summed E-state index contributed by atoms with van der Waals surface area (Å²) in [5.41, 5.74) is 0. The first-order valence-corrected chi connectivity index (χ1v) is 3.13. The summed E-state index contributed by atoms with van der Waals surface area (Å²) in [7, 11) is 0. The molecule has 6 heavy (non-hydrogen) atoms. The average molecular weight is 98.2 g/mol. The summed E-state index contributed by atoms with van der Waals surface area (Å²) in [6, 6.07) is 0. The number of hydrogen-bond acceptors (Lipinski definition) is 1. The molecular weight excluding hydrogens is 92.1 g/mol. The van der Waals surface area contributed by atoms with Gasteiger partial charge in [0, 0.05) is 17.4 Å². The van der Waals surface area contributed by atoms with E-state index >= 15 is 0 Å². The number of rotatable bonds is 0. The lowest BCUT2D eigenvalue weighted by Crippen LogP contribution is -2.14. The zero-order valence-electron chi connectivity index (χ0n) is 3.48. The molecule has 0 nitrogen and oxygen atoms in total. The first-order chi connectivity index (χ1) is 2.93. The summed E-state index contributed by atoms with van der Waals surface area (Å²) in [5.74, 6) is 5.67. The Kier molecular flexibility index (Phi) is 1.07. The lowest BCUT2D eigenvalue weighted by atomic mass is 10.2. The number of hydrogen-bond donors (Lipinski definition) is 0. The van der Waals surface area contributed by atoms with E-state index in [0.29, 0.717) is 5.92 Å². The van der Waals surface area contributed by atoms with E-state index in [4.69, 9.17) is 6.42 Å². The highest BCUT2D eigenvalue weighted by Gasteiger charge is 2.13. The van der Waals surface area contributed by atoms with Crippen molar-refractivity contribution in [1.29, 1.82) is 0 Å². The zero-order valence-corrected chi connectivity index (χ0v) is 4.29. The second-order valence-electron chi connectivity index (χ2n) is 1.40. The van der Waals surface area contributed by atoms with Crippen molar-refractivity contribution in [2.75, 3.05) is 11.5 Å². The van der Waals surface area contributed by atoms with Crippen LogP contribution >= 0.6 is 11.8 Å². The van der Waals surface area contributed by atoms with Gasteiger partial charge >= 0.3 is 0 Å². The lowest BCUT2D eigenvalue weighted by molar-refractivity contribution is 0.849. The largest absolute Gasteiger partial charge is 0.159 e. The summed E-state index contributed by atoms with van der Waals surface area (Å²) in [5, 5.41) is 0. The van der Waals surface area contributed by atoms with Crippen LogP contribution < -0.4 is 0 Å². The van der Waals surface area contributed by atoms with Crippen LogP contribution in [0.25, 0.3) is 0 Å². The molecule has 0 aliphatic carbocycles. The monoisotopic (exact) mass is 98.0 g/mol. The van der Waals surface area contributed by atoms with E-state index in [1.54, 1.807) is 0 Å². The van der Waals surface area contributed by atoms with Gasteiger partial charge in [0.05, 0.1) is 0 Å². The summed E-state index contributed by atoms with van der Waals surface area (Å²) in [4.78, 5) is 0. The molecule has 0 atom stereocenters. The summed E-state index contributed by atoms with van der Waals surface area (Å²) < 4.78 is 0. The van der Waals surface area contributed by atoms with E-state index < -0.39 is 0 Å². The molecule has 0 bridgehead atoms. The molecule has 1 heteroatoms. The van der Waals surface area contributed by atoms with Gasteiger partial charge in [-0.15, -0.1) is 12.3 Å². The molecule has 0 N–H and O–H groups in total. The van der Waals surface area contributed by atoms with Crippen LogP contribution in [-0.4, -0.2) is 11.5 Å². The van der Waals surface area contributed by atoms with Gasteiger partial charge in [0.2, 0.25) is 0 Å². The second-order valence-corrected chi connectivity index (χ2v) is 2.48. The van der Waals surface area contributed by atoms with Crippen LogP contribution in [0.2, 0.25) is 0 Å². The molecule has 0 saturated carbocycles. The fourth-order valence-electron chi connectivity index (χ4n) is 0.332. The average Bonchev–Trinajstić information content (AvgIpc) is 1.31. The van der Waals surface area contributed by atoms with E-state index in [2.05, 4.69) is 5.92 Å². The van der Waals surface area contributed by atoms with Crippen molar-refractivity contribution >= 4 is 11.8 Å². The maximum absolute atomic E-state index is 5.07. The summed E-state index contributed by atoms with van der Waals surface area (Å²) in [6.45, 7) is 0. The molecule has 1 aliphatic heterocycles. The molecule has 32 valence electrons. The van der Waals surface area contributed by atoms with E-state index in [0.717, 1.165) is 0 Å². The van der Waals surface area contributed by atoms with E-state index in [-0.39, 0.29) is 0 Å². The van der Waals surface area contributed by atoms with Crippen LogP contribution in [0.3, 0.4) is 0 Å². The first-order valence-electron chi connectivity index (χ1n) is 1.97. The Labute approximate surface area is 42.3 Å². The number of thioether (sulfide) groups is 1. The van der Waals surface area contributed by atoms with Crippen LogP contribution in [0.15, 0.2) is 0 Å². The van der Waals surface area contributed by atoms with Crippen LogP contribution in [0.5, 0.6) is 0 Å². The minimum absolute atomic E-state index is 0.606. The van der Waals surface area contributed by atoms with Crippen LogP contribution in [0.4, 0.5) is 0 Å². The molecule has 0 aromatic rings. The van der Waals surface area contributed by atoms with Gasteiger partial charge in [-0.25, -0.2) is 0 Å². The van der Waals surface area contributed by atoms with Crippen molar-refractivity contribution in [2.45, 2.75) is 0 Å². The minimum atomic E-state index is 0.606. The molecular formula is C5H6S. The van der Waals surface area contributed by atoms with E-state index in [9.17, 15) is 0 Å². The van der Waals surface area contributed by atoms with Crippen LogP contribution in [0.1, 0.15) is 0 Å². The summed E-state index contributed by atoms with van der Waals surface area (Å²) in [6.07, 6.45) is 5.07. The quantitative estimate of drug-likeness (QED) is 0.407. The molecule has 1 heterocycles. The second kappa shape index (κ2) is 1.57. The predicted molar refractivity (Wildman–Crippen MR) is 29.6 cm³/mol. The maximum Gasteiger partial charge on any atom is 0.0381 e. The Balaban J connectivity index is 2.22. The summed E-state index contributed by atoms with van der Waals surface area (Å²) >= 11 is 1.93. The topological polar surface area (TPSA) is 0 Å². The van der Waals surface area contributed by atoms with Gasteiger partial charge in [-0.2, -0.15) is 11.8 Å².